The Morgan fingerprint density at radius 2 is 2.16 bits per heavy atom. The lowest BCUT2D eigenvalue weighted by Crippen LogP contribution is -2.13. The summed E-state index contributed by atoms with van der Waals surface area (Å²) in [6.45, 7) is -0.0266. The molecule has 1 aromatic carbocycles. The van der Waals surface area contributed by atoms with Crippen molar-refractivity contribution in [3.63, 3.8) is 0 Å². The zero-order valence-corrected chi connectivity index (χ0v) is 10.1. The first kappa shape index (κ1) is 13.5. The molecule has 0 aliphatic rings. The summed E-state index contributed by atoms with van der Waals surface area (Å²) in [5, 5.41) is 14.2. The highest BCUT2D eigenvalue weighted by Crippen LogP contribution is 2.24. The molecule has 0 unspecified atom stereocenters. The number of rotatable bonds is 6. The van der Waals surface area contributed by atoms with E-state index < -0.39 is 13.0 Å². The second-order valence-corrected chi connectivity index (χ2v) is 3.96. The van der Waals surface area contributed by atoms with Gasteiger partial charge in [0.15, 0.2) is 0 Å². The number of ether oxygens (including phenoxy) is 1. The van der Waals surface area contributed by atoms with Crippen molar-refractivity contribution in [3.8, 4) is 5.75 Å². The maximum Gasteiger partial charge on any atom is 0.261 e. The number of hydrogen-bond donors (Lipinski definition) is 2. The Morgan fingerprint density at radius 3 is 2.95 bits per heavy atom. The summed E-state index contributed by atoms with van der Waals surface area (Å²) >= 11 is 0. The van der Waals surface area contributed by atoms with Crippen LogP contribution in [0.2, 0.25) is 0 Å². The minimum atomic E-state index is -2.45. The first-order valence-corrected chi connectivity index (χ1v) is 5.84. The monoisotopic (exact) mass is 268 g/mol. The molecule has 0 saturated heterocycles. The summed E-state index contributed by atoms with van der Waals surface area (Å²) in [5.74, 6) is 0.742. The number of nitrogens with zero attached hydrogens (tertiary/aromatic N) is 1. The predicted molar refractivity (Wildman–Crippen MR) is 68.7 cm³/mol. The van der Waals surface area contributed by atoms with Crippen LogP contribution in [-0.4, -0.2) is 36.3 Å². The number of pyridine rings is 1. The topological polar surface area (TPSA) is 54.4 Å². The van der Waals surface area contributed by atoms with Gasteiger partial charge in [0.25, 0.3) is 6.43 Å². The van der Waals surface area contributed by atoms with Gasteiger partial charge in [0.2, 0.25) is 0 Å². The molecule has 0 fully saturated rings. The molecule has 4 nitrogen and oxygen atoms in total. The molecule has 0 bridgehead atoms. The molecule has 0 radical (unpaired) electrons. The van der Waals surface area contributed by atoms with Gasteiger partial charge in [-0.2, -0.15) is 0 Å². The van der Waals surface area contributed by atoms with Gasteiger partial charge >= 0.3 is 0 Å². The summed E-state index contributed by atoms with van der Waals surface area (Å²) in [6, 6.07) is 6.81. The maximum absolute atomic E-state index is 11.9. The van der Waals surface area contributed by atoms with Crippen molar-refractivity contribution >= 4 is 16.6 Å². The molecule has 0 atom stereocenters. The number of nitrogens with one attached hydrogen (secondary N) is 1. The quantitative estimate of drug-likeness (QED) is 0.791. The predicted octanol–water partition coefficient (Wildman–Crippen LogP) is 2.63. The number of aromatic nitrogens is 1. The second kappa shape index (κ2) is 6.29. The van der Waals surface area contributed by atoms with E-state index in [1.54, 1.807) is 24.4 Å². The average molecular weight is 268 g/mol. The van der Waals surface area contributed by atoms with Crippen molar-refractivity contribution in [1.82, 2.24) is 4.98 Å². The molecule has 102 valence electrons. The number of benzene rings is 1. The van der Waals surface area contributed by atoms with E-state index in [-0.39, 0.29) is 12.4 Å². The molecule has 1 heterocycles. The fraction of sp³-hybridized carbons (Fsp3) is 0.308. The average Bonchev–Trinajstić information content (AvgIpc) is 2.38. The van der Waals surface area contributed by atoms with Gasteiger partial charge in [-0.3, -0.25) is 0 Å². The number of halogens is 2. The Morgan fingerprint density at radius 1 is 1.32 bits per heavy atom. The number of phenolic OH excluding ortho intramolecular Hbond substituents is 1. The van der Waals surface area contributed by atoms with Crippen molar-refractivity contribution in [2.75, 3.05) is 25.1 Å². The number of alkyl halides is 2. The van der Waals surface area contributed by atoms with Crippen LogP contribution in [0.3, 0.4) is 0 Å². The lowest BCUT2D eigenvalue weighted by atomic mass is 10.1. The van der Waals surface area contributed by atoms with Crippen LogP contribution in [0.25, 0.3) is 10.8 Å². The van der Waals surface area contributed by atoms with E-state index >= 15 is 0 Å². The van der Waals surface area contributed by atoms with Crippen molar-refractivity contribution in [2.45, 2.75) is 6.43 Å². The van der Waals surface area contributed by atoms with Crippen LogP contribution >= 0.6 is 0 Å². The zero-order valence-electron chi connectivity index (χ0n) is 10.1. The van der Waals surface area contributed by atoms with Crippen LogP contribution in [0, 0.1) is 0 Å². The van der Waals surface area contributed by atoms with Gasteiger partial charge in [-0.25, -0.2) is 13.8 Å². The minimum absolute atomic E-state index is 0.150. The molecule has 0 amide bonds. The smallest absolute Gasteiger partial charge is 0.261 e. The van der Waals surface area contributed by atoms with Crippen molar-refractivity contribution in [2.24, 2.45) is 0 Å². The number of phenols is 1. The van der Waals surface area contributed by atoms with Crippen LogP contribution in [0.5, 0.6) is 5.75 Å². The van der Waals surface area contributed by atoms with E-state index in [1.807, 2.05) is 6.07 Å². The largest absolute Gasteiger partial charge is 0.508 e. The van der Waals surface area contributed by atoms with Crippen LogP contribution < -0.4 is 5.32 Å². The summed E-state index contributed by atoms with van der Waals surface area (Å²) in [5.41, 5.74) is 0. The van der Waals surface area contributed by atoms with E-state index in [9.17, 15) is 13.9 Å². The molecule has 6 heteroatoms. The highest BCUT2D eigenvalue weighted by Gasteiger charge is 2.04. The summed E-state index contributed by atoms with van der Waals surface area (Å²) < 4.78 is 28.5. The van der Waals surface area contributed by atoms with Crippen LogP contribution in [0.4, 0.5) is 14.6 Å². The van der Waals surface area contributed by atoms with E-state index in [2.05, 4.69) is 10.3 Å². The van der Waals surface area contributed by atoms with Gasteiger partial charge in [-0.05, 0) is 23.6 Å². The van der Waals surface area contributed by atoms with Crippen molar-refractivity contribution in [1.29, 1.82) is 0 Å². The van der Waals surface area contributed by atoms with Crippen LogP contribution in [-0.2, 0) is 4.74 Å². The number of fused-ring (bicyclic) bond motifs is 1. The lowest BCUT2D eigenvalue weighted by Gasteiger charge is -2.09. The van der Waals surface area contributed by atoms with E-state index in [0.29, 0.717) is 12.4 Å². The fourth-order valence-electron chi connectivity index (χ4n) is 1.71. The molecule has 0 spiro atoms. The molecule has 2 N–H and O–H groups in total. The summed E-state index contributed by atoms with van der Waals surface area (Å²) in [7, 11) is 0. The molecule has 1 aromatic heterocycles. The summed E-state index contributed by atoms with van der Waals surface area (Å²) in [6.07, 6.45) is -0.811. The number of anilines is 1. The highest BCUT2D eigenvalue weighted by atomic mass is 19.3. The summed E-state index contributed by atoms with van der Waals surface area (Å²) in [4.78, 5) is 4.15. The first-order valence-electron chi connectivity index (χ1n) is 5.84. The van der Waals surface area contributed by atoms with Gasteiger partial charge in [-0.1, -0.05) is 6.07 Å². The molecular formula is C13H14F2N2O2. The molecule has 0 aliphatic heterocycles. The fourth-order valence-corrected chi connectivity index (χ4v) is 1.71. The van der Waals surface area contributed by atoms with Crippen molar-refractivity contribution < 1.29 is 18.6 Å². The number of aromatic hydroxyl groups is 1. The third-order valence-electron chi connectivity index (χ3n) is 2.53. The SMILES string of the molecule is Oc1ccc2ccnc(NCCOCC(F)F)c2c1. The lowest BCUT2D eigenvalue weighted by molar-refractivity contribution is 0.0215. The standard InChI is InChI=1S/C13H14F2N2O2/c14-12(15)8-19-6-5-17-13-11-7-10(18)2-1-9(11)3-4-16-13/h1-4,7,12,18H,5-6,8H2,(H,16,17). The van der Waals surface area contributed by atoms with E-state index in [0.717, 1.165) is 10.8 Å². The maximum atomic E-state index is 11.9. The number of hydrogen-bond acceptors (Lipinski definition) is 4. The van der Waals surface area contributed by atoms with Gasteiger partial charge in [0.05, 0.1) is 6.61 Å². The third-order valence-corrected chi connectivity index (χ3v) is 2.53. The highest BCUT2D eigenvalue weighted by molar-refractivity contribution is 5.92. The molecule has 0 saturated carbocycles. The molecule has 2 aromatic rings. The molecular weight excluding hydrogens is 254 g/mol. The molecule has 19 heavy (non-hydrogen) atoms. The van der Waals surface area contributed by atoms with E-state index in [4.69, 9.17) is 4.74 Å². The Bertz CT molecular complexity index is 549. The molecule has 0 aliphatic carbocycles. The zero-order chi connectivity index (χ0) is 13.7. The second-order valence-electron chi connectivity index (χ2n) is 3.96. The first-order chi connectivity index (χ1) is 9.16. The normalized spacial score (nSPS) is 11.1. The van der Waals surface area contributed by atoms with Gasteiger partial charge < -0.3 is 15.2 Å². The van der Waals surface area contributed by atoms with Crippen molar-refractivity contribution in [3.05, 3.63) is 30.5 Å². The van der Waals surface area contributed by atoms with Gasteiger partial charge in [-0.15, -0.1) is 0 Å². The van der Waals surface area contributed by atoms with Crippen LogP contribution in [0.15, 0.2) is 30.5 Å². The molecule has 2 rings (SSSR count). The van der Waals surface area contributed by atoms with Gasteiger partial charge in [0, 0.05) is 18.1 Å². The van der Waals surface area contributed by atoms with Gasteiger partial charge in [0.1, 0.15) is 18.2 Å². The van der Waals surface area contributed by atoms with Crippen LogP contribution in [0.1, 0.15) is 0 Å². The Labute approximate surface area is 109 Å². The third kappa shape index (κ3) is 3.75. The Kier molecular flexibility index (Phi) is 4.46. The van der Waals surface area contributed by atoms with E-state index in [1.165, 1.54) is 0 Å². The minimum Gasteiger partial charge on any atom is -0.508 e. The Balaban J connectivity index is 1.98. The Hall–Kier alpha value is -1.95.